The average molecular weight is 987 g/mol. The van der Waals surface area contributed by atoms with Crippen LogP contribution in [0.15, 0.2) is 72.9 Å². The Morgan fingerprint density at radius 3 is 1.41 bits per heavy atom. The van der Waals surface area contributed by atoms with E-state index in [1.165, 1.54) is 122 Å². The Hall–Kier alpha value is -2.55. The summed E-state index contributed by atoms with van der Waals surface area (Å²) in [6.07, 6.45) is 61.5. The summed E-state index contributed by atoms with van der Waals surface area (Å²) in [5.74, 6) is -0.608. The molecule has 0 aromatic rings. The SMILES string of the molecule is CC/C=C\C/C=C\C/C=C\C/C=C\C/C=C\CCCC(=O)OC(/C=C/CCCCCCCCCCCC)C(COP(=O)([O-])OCC[N+](C)(C)C)NC(=O)CCCCCCCCCCCCCCCC. The van der Waals surface area contributed by atoms with Gasteiger partial charge in [-0.05, 0) is 70.3 Å². The van der Waals surface area contributed by atoms with Gasteiger partial charge in [0.2, 0.25) is 5.91 Å². The lowest BCUT2D eigenvalue weighted by Crippen LogP contribution is -2.47. The number of nitrogens with zero attached hydrogens (tertiary/aromatic N) is 1. The maximum absolute atomic E-state index is 13.5. The van der Waals surface area contributed by atoms with Gasteiger partial charge in [0.25, 0.3) is 7.82 Å². The van der Waals surface area contributed by atoms with Crippen molar-refractivity contribution in [2.75, 3.05) is 40.9 Å². The molecule has 400 valence electrons. The highest BCUT2D eigenvalue weighted by Crippen LogP contribution is 2.38. The fraction of sp³-hybridized carbons (Fsp3) is 0.763. The number of nitrogens with one attached hydrogen (secondary N) is 1. The Morgan fingerprint density at radius 2 is 0.942 bits per heavy atom. The first kappa shape index (κ1) is 66.5. The maximum Gasteiger partial charge on any atom is 0.306 e. The number of carbonyl (C=O) groups is 2. The minimum absolute atomic E-state index is 0.0323. The lowest BCUT2D eigenvalue weighted by atomic mass is 10.0. The van der Waals surface area contributed by atoms with E-state index >= 15 is 0 Å². The predicted molar refractivity (Wildman–Crippen MR) is 293 cm³/mol. The van der Waals surface area contributed by atoms with Crippen LogP contribution in [0.25, 0.3) is 0 Å². The summed E-state index contributed by atoms with van der Waals surface area (Å²) in [6, 6.07) is -0.910. The molecule has 0 spiro atoms. The van der Waals surface area contributed by atoms with Crippen LogP contribution >= 0.6 is 7.82 Å². The third-order valence-electron chi connectivity index (χ3n) is 12.2. The van der Waals surface area contributed by atoms with Crippen molar-refractivity contribution >= 4 is 19.7 Å². The number of ether oxygens (including phenoxy) is 1. The minimum Gasteiger partial charge on any atom is -0.756 e. The van der Waals surface area contributed by atoms with Gasteiger partial charge in [0, 0.05) is 12.8 Å². The highest BCUT2D eigenvalue weighted by atomic mass is 31.2. The summed E-state index contributed by atoms with van der Waals surface area (Å²) < 4.78 is 30.2. The molecule has 0 radical (unpaired) electrons. The van der Waals surface area contributed by atoms with Crippen LogP contribution in [-0.4, -0.2) is 69.4 Å². The van der Waals surface area contributed by atoms with E-state index in [0.717, 1.165) is 77.0 Å². The van der Waals surface area contributed by atoms with Crippen LogP contribution in [0, 0.1) is 0 Å². The van der Waals surface area contributed by atoms with E-state index in [0.29, 0.717) is 23.9 Å². The lowest BCUT2D eigenvalue weighted by Gasteiger charge is -2.30. The summed E-state index contributed by atoms with van der Waals surface area (Å²) in [4.78, 5) is 39.8. The maximum atomic E-state index is 13.5. The molecule has 69 heavy (non-hydrogen) atoms. The summed E-state index contributed by atoms with van der Waals surface area (Å²) >= 11 is 0. The molecule has 0 aromatic heterocycles. The summed E-state index contributed by atoms with van der Waals surface area (Å²) in [7, 11) is 1.15. The van der Waals surface area contributed by atoms with Crippen LogP contribution in [0.1, 0.15) is 239 Å². The Bertz CT molecular complexity index is 1420. The first-order chi connectivity index (χ1) is 33.4. The van der Waals surface area contributed by atoms with Crippen LogP contribution in [-0.2, 0) is 27.9 Å². The van der Waals surface area contributed by atoms with Gasteiger partial charge in [-0.1, -0.05) is 229 Å². The predicted octanol–water partition coefficient (Wildman–Crippen LogP) is 16.3. The molecule has 1 amide bonds. The smallest absolute Gasteiger partial charge is 0.306 e. The minimum atomic E-state index is -4.70. The van der Waals surface area contributed by atoms with Crippen LogP contribution in [0.3, 0.4) is 0 Å². The van der Waals surface area contributed by atoms with Crippen molar-refractivity contribution in [2.45, 2.75) is 251 Å². The number of phosphoric acid groups is 1. The summed E-state index contributed by atoms with van der Waals surface area (Å²) in [5, 5.41) is 3.00. The van der Waals surface area contributed by atoms with Gasteiger partial charge in [-0.3, -0.25) is 14.2 Å². The molecule has 0 saturated carbocycles. The average Bonchev–Trinajstić information content (AvgIpc) is 3.31. The zero-order valence-electron chi connectivity index (χ0n) is 45.5. The zero-order chi connectivity index (χ0) is 50.8. The number of carbonyl (C=O) groups excluding carboxylic acids is 2. The van der Waals surface area contributed by atoms with Crippen molar-refractivity contribution < 1.29 is 37.3 Å². The topological polar surface area (TPSA) is 114 Å². The van der Waals surface area contributed by atoms with Crippen molar-refractivity contribution in [1.82, 2.24) is 5.32 Å². The Kier molecular flexibility index (Phi) is 47.2. The molecule has 0 aliphatic heterocycles. The molecule has 3 unspecified atom stereocenters. The van der Waals surface area contributed by atoms with E-state index in [4.69, 9.17) is 13.8 Å². The van der Waals surface area contributed by atoms with Gasteiger partial charge in [-0.25, -0.2) is 0 Å². The van der Waals surface area contributed by atoms with E-state index in [-0.39, 0.29) is 18.9 Å². The van der Waals surface area contributed by atoms with Crippen LogP contribution in [0.4, 0.5) is 0 Å². The molecule has 0 heterocycles. The van der Waals surface area contributed by atoms with E-state index in [1.54, 1.807) is 0 Å². The molecular formula is C59H107N2O7P. The van der Waals surface area contributed by atoms with E-state index < -0.39 is 32.5 Å². The van der Waals surface area contributed by atoms with E-state index in [1.807, 2.05) is 33.3 Å². The van der Waals surface area contributed by atoms with Crippen molar-refractivity contribution in [3.63, 3.8) is 0 Å². The third kappa shape index (κ3) is 50.2. The number of phosphoric ester groups is 1. The molecule has 3 atom stereocenters. The van der Waals surface area contributed by atoms with Gasteiger partial charge < -0.3 is 28.5 Å². The number of rotatable bonds is 50. The number of hydrogen-bond donors (Lipinski definition) is 1. The van der Waals surface area contributed by atoms with Crippen molar-refractivity contribution in [3.05, 3.63) is 72.9 Å². The molecule has 0 bridgehead atoms. The number of esters is 1. The highest BCUT2D eigenvalue weighted by molar-refractivity contribution is 7.45. The van der Waals surface area contributed by atoms with E-state index in [9.17, 15) is 19.0 Å². The number of quaternary nitrogens is 1. The van der Waals surface area contributed by atoms with Gasteiger partial charge >= 0.3 is 5.97 Å². The highest BCUT2D eigenvalue weighted by Gasteiger charge is 2.27. The molecule has 1 N–H and O–H groups in total. The first-order valence-corrected chi connectivity index (χ1v) is 29.7. The Balaban J connectivity index is 5.46. The number of amides is 1. The summed E-state index contributed by atoms with van der Waals surface area (Å²) in [5.41, 5.74) is 0. The molecule has 10 heteroatoms. The van der Waals surface area contributed by atoms with Crippen LogP contribution in [0.5, 0.6) is 0 Å². The molecule has 0 aromatic carbocycles. The fourth-order valence-electron chi connectivity index (χ4n) is 7.79. The third-order valence-corrected chi connectivity index (χ3v) is 13.1. The van der Waals surface area contributed by atoms with Crippen LogP contribution in [0.2, 0.25) is 0 Å². The van der Waals surface area contributed by atoms with Gasteiger partial charge in [0.1, 0.15) is 19.3 Å². The normalized spacial score (nSPS) is 14.4. The second kappa shape index (κ2) is 49.0. The zero-order valence-corrected chi connectivity index (χ0v) is 46.4. The second-order valence-corrected chi connectivity index (χ2v) is 21.5. The van der Waals surface area contributed by atoms with Crippen molar-refractivity contribution in [2.24, 2.45) is 0 Å². The lowest BCUT2D eigenvalue weighted by molar-refractivity contribution is -0.870. The molecule has 0 saturated heterocycles. The first-order valence-electron chi connectivity index (χ1n) is 28.2. The standard InChI is InChI=1S/C59H107N2O7P/c1-7-10-13-16-19-22-25-28-30-31-32-34-37-40-43-46-49-52-59(63)68-57(50-47-44-41-38-35-27-24-21-18-15-12-9-3)56(55-67-69(64,65)66-54-53-61(4,5)6)60-58(62)51-48-45-42-39-36-33-29-26-23-20-17-14-11-8-2/h10,13,19,22,28,30,32,34,40,43,47,50,56-57H,7-9,11-12,14-18,20-21,23-27,29,31,33,35-39,41-42,44-46,48-49,51-55H2,1-6H3,(H-,60,62,64,65)/b13-10-,22-19-,30-28-,34-32-,43-40-,50-47+. The fourth-order valence-corrected chi connectivity index (χ4v) is 8.52. The quantitative estimate of drug-likeness (QED) is 0.0212. The Labute approximate surface area is 425 Å². The van der Waals surface area contributed by atoms with Crippen LogP contribution < -0.4 is 10.2 Å². The largest absolute Gasteiger partial charge is 0.756 e. The molecule has 0 fully saturated rings. The van der Waals surface area contributed by atoms with Gasteiger partial charge in [-0.2, -0.15) is 0 Å². The molecule has 0 aliphatic carbocycles. The summed E-state index contributed by atoms with van der Waals surface area (Å²) in [6.45, 7) is 6.68. The van der Waals surface area contributed by atoms with Gasteiger partial charge in [0.15, 0.2) is 0 Å². The van der Waals surface area contributed by atoms with Crippen molar-refractivity contribution in [1.29, 1.82) is 0 Å². The van der Waals surface area contributed by atoms with Gasteiger partial charge in [-0.15, -0.1) is 0 Å². The molecule has 9 nitrogen and oxygen atoms in total. The second-order valence-electron chi connectivity index (χ2n) is 20.1. The number of hydrogen-bond acceptors (Lipinski definition) is 7. The molecule has 0 aliphatic rings. The van der Waals surface area contributed by atoms with Crippen molar-refractivity contribution in [3.8, 4) is 0 Å². The Morgan fingerprint density at radius 1 is 0.522 bits per heavy atom. The number of likely N-dealkylation sites (N-methyl/N-ethyl adjacent to an activating group) is 1. The van der Waals surface area contributed by atoms with E-state index in [2.05, 4.69) is 86.8 Å². The monoisotopic (exact) mass is 987 g/mol. The van der Waals surface area contributed by atoms with Gasteiger partial charge in [0.05, 0.1) is 33.8 Å². The molecule has 0 rings (SSSR count). The number of allylic oxidation sites excluding steroid dienone is 11. The number of unbranched alkanes of at least 4 members (excludes halogenated alkanes) is 24. The molecular weight excluding hydrogens is 880 g/mol.